The Labute approximate surface area is 142 Å². The molecule has 1 unspecified atom stereocenters. The molecule has 0 aromatic carbocycles. The van der Waals surface area contributed by atoms with Crippen molar-refractivity contribution < 1.29 is 14.3 Å². The fraction of sp³-hybridized carbons (Fsp3) is 0.895. The van der Waals surface area contributed by atoms with Crippen molar-refractivity contribution >= 4 is 11.9 Å². The highest BCUT2D eigenvalue weighted by Crippen LogP contribution is 2.23. The van der Waals surface area contributed by atoms with E-state index in [2.05, 4.69) is 46.9 Å². The Balaban J connectivity index is 4.16. The summed E-state index contributed by atoms with van der Waals surface area (Å²) in [6.45, 7) is 13.1. The maximum absolute atomic E-state index is 12.0. The molecule has 1 amide bonds. The minimum absolute atomic E-state index is 0.0509. The summed E-state index contributed by atoms with van der Waals surface area (Å²) in [6.07, 6.45) is 6.19. The standard InChI is InChI=1S/C19H37NO3/c1-18(2,3)13-10-8-9-11-16(21)20-15(17(22)23-7)12-14-19(4,5)6/h15H,8-14H2,1-7H3,(H,20,21). The molecule has 0 aromatic heterocycles. The first-order valence-corrected chi connectivity index (χ1v) is 8.82. The second kappa shape index (κ2) is 9.94. The van der Waals surface area contributed by atoms with E-state index in [4.69, 9.17) is 4.74 Å². The van der Waals surface area contributed by atoms with E-state index in [0.29, 0.717) is 18.3 Å². The third-order valence-electron chi connectivity index (χ3n) is 3.83. The van der Waals surface area contributed by atoms with Crippen molar-refractivity contribution in [1.82, 2.24) is 5.32 Å². The zero-order chi connectivity index (χ0) is 18.1. The summed E-state index contributed by atoms with van der Waals surface area (Å²) >= 11 is 0. The summed E-state index contributed by atoms with van der Waals surface area (Å²) in [4.78, 5) is 23.9. The molecule has 0 fully saturated rings. The van der Waals surface area contributed by atoms with Crippen molar-refractivity contribution in [2.24, 2.45) is 10.8 Å². The lowest BCUT2D eigenvalue weighted by molar-refractivity contribution is -0.145. The van der Waals surface area contributed by atoms with Gasteiger partial charge in [0.05, 0.1) is 7.11 Å². The van der Waals surface area contributed by atoms with Crippen molar-refractivity contribution in [3.8, 4) is 0 Å². The number of rotatable bonds is 9. The van der Waals surface area contributed by atoms with E-state index in [9.17, 15) is 9.59 Å². The van der Waals surface area contributed by atoms with Gasteiger partial charge >= 0.3 is 5.97 Å². The molecule has 4 heteroatoms. The smallest absolute Gasteiger partial charge is 0.328 e. The van der Waals surface area contributed by atoms with Crippen LogP contribution in [-0.2, 0) is 14.3 Å². The van der Waals surface area contributed by atoms with Gasteiger partial charge in [-0.15, -0.1) is 0 Å². The highest BCUT2D eigenvalue weighted by molar-refractivity contribution is 5.84. The zero-order valence-electron chi connectivity index (χ0n) is 16.3. The summed E-state index contributed by atoms with van der Waals surface area (Å²) in [5, 5.41) is 2.83. The lowest BCUT2D eigenvalue weighted by atomic mass is 9.88. The van der Waals surface area contributed by atoms with E-state index < -0.39 is 6.04 Å². The Morgan fingerprint density at radius 1 is 0.913 bits per heavy atom. The van der Waals surface area contributed by atoms with Crippen molar-refractivity contribution in [1.29, 1.82) is 0 Å². The monoisotopic (exact) mass is 327 g/mol. The number of methoxy groups -OCH3 is 1. The predicted molar refractivity (Wildman–Crippen MR) is 95.2 cm³/mol. The van der Waals surface area contributed by atoms with Gasteiger partial charge in [-0.05, 0) is 36.5 Å². The number of esters is 1. The highest BCUT2D eigenvalue weighted by Gasteiger charge is 2.23. The lowest BCUT2D eigenvalue weighted by Gasteiger charge is -2.22. The largest absolute Gasteiger partial charge is 0.467 e. The summed E-state index contributed by atoms with van der Waals surface area (Å²) in [5.74, 6) is -0.402. The molecule has 0 aromatic rings. The summed E-state index contributed by atoms with van der Waals surface area (Å²) < 4.78 is 4.81. The lowest BCUT2D eigenvalue weighted by Crippen LogP contribution is -2.42. The van der Waals surface area contributed by atoms with Crippen LogP contribution in [0, 0.1) is 10.8 Å². The molecule has 0 bridgehead atoms. The predicted octanol–water partition coefficient (Wildman–Crippen LogP) is 4.47. The summed E-state index contributed by atoms with van der Waals surface area (Å²) in [7, 11) is 1.37. The van der Waals surface area contributed by atoms with E-state index in [1.165, 1.54) is 13.5 Å². The number of carbonyl (C=O) groups excluding carboxylic acids is 2. The van der Waals surface area contributed by atoms with Crippen LogP contribution in [0.25, 0.3) is 0 Å². The first-order chi connectivity index (χ1) is 10.4. The van der Waals surface area contributed by atoms with Crippen LogP contribution >= 0.6 is 0 Å². The number of hydrogen-bond acceptors (Lipinski definition) is 3. The Morgan fingerprint density at radius 3 is 1.96 bits per heavy atom. The number of unbranched alkanes of at least 4 members (excludes halogenated alkanes) is 2. The van der Waals surface area contributed by atoms with Crippen LogP contribution in [0.1, 0.15) is 86.5 Å². The number of nitrogens with one attached hydrogen (secondary N) is 1. The van der Waals surface area contributed by atoms with Crippen molar-refractivity contribution in [3.63, 3.8) is 0 Å². The Hall–Kier alpha value is -1.06. The van der Waals surface area contributed by atoms with Crippen LogP contribution < -0.4 is 5.32 Å². The minimum atomic E-state index is -0.527. The first kappa shape index (κ1) is 21.9. The van der Waals surface area contributed by atoms with Crippen LogP contribution in [0.5, 0.6) is 0 Å². The van der Waals surface area contributed by atoms with Crippen LogP contribution in [-0.4, -0.2) is 25.0 Å². The molecular weight excluding hydrogens is 290 g/mol. The molecule has 136 valence electrons. The molecule has 1 N–H and O–H groups in total. The Bertz CT molecular complexity index is 364. The number of hydrogen-bond donors (Lipinski definition) is 1. The molecule has 0 radical (unpaired) electrons. The number of ether oxygens (including phenoxy) is 1. The molecule has 0 heterocycles. The highest BCUT2D eigenvalue weighted by atomic mass is 16.5. The minimum Gasteiger partial charge on any atom is -0.467 e. The van der Waals surface area contributed by atoms with Crippen LogP contribution in [0.2, 0.25) is 0 Å². The average molecular weight is 328 g/mol. The molecule has 1 atom stereocenters. The van der Waals surface area contributed by atoms with Gasteiger partial charge in [0.2, 0.25) is 5.91 Å². The SMILES string of the molecule is COC(=O)C(CCC(C)(C)C)NC(=O)CCCCCC(C)(C)C. The van der Waals surface area contributed by atoms with E-state index in [1.54, 1.807) is 0 Å². The zero-order valence-corrected chi connectivity index (χ0v) is 16.3. The quantitative estimate of drug-likeness (QED) is 0.502. The molecule has 0 saturated carbocycles. The van der Waals surface area contributed by atoms with Gasteiger partial charge < -0.3 is 10.1 Å². The van der Waals surface area contributed by atoms with Crippen molar-refractivity contribution in [2.75, 3.05) is 7.11 Å². The molecule has 4 nitrogen and oxygen atoms in total. The maximum atomic E-state index is 12.0. The Kier molecular flexibility index (Phi) is 9.48. The average Bonchev–Trinajstić information content (AvgIpc) is 2.39. The first-order valence-electron chi connectivity index (χ1n) is 8.82. The second-order valence-electron chi connectivity index (χ2n) is 8.86. The van der Waals surface area contributed by atoms with Gasteiger partial charge in [0.15, 0.2) is 0 Å². The van der Waals surface area contributed by atoms with Crippen LogP contribution in [0.4, 0.5) is 0 Å². The fourth-order valence-corrected chi connectivity index (χ4v) is 2.35. The maximum Gasteiger partial charge on any atom is 0.328 e. The summed E-state index contributed by atoms with van der Waals surface area (Å²) in [5.41, 5.74) is 0.481. The molecule has 0 rings (SSSR count). The molecule has 0 aliphatic heterocycles. The third-order valence-corrected chi connectivity index (χ3v) is 3.83. The van der Waals surface area contributed by atoms with E-state index in [-0.39, 0.29) is 17.3 Å². The van der Waals surface area contributed by atoms with Gasteiger partial charge in [0, 0.05) is 6.42 Å². The molecule has 0 spiro atoms. The molecule has 0 saturated heterocycles. The van der Waals surface area contributed by atoms with Gasteiger partial charge in [-0.25, -0.2) is 4.79 Å². The van der Waals surface area contributed by atoms with Gasteiger partial charge in [-0.1, -0.05) is 54.4 Å². The van der Waals surface area contributed by atoms with Gasteiger partial charge in [0.1, 0.15) is 6.04 Å². The van der Waals surface area contributed by atoms with Gasteiger partial charge in [-0.2, -0.15) is 0 Å². The Morgan fingerprint density at radius 2 is 1.48 bits per heavy atom. The van der Waals surface area contributed by atoms with E-state index in [1.807, 2.05) is 0 Å². The van der Waals surface area contributed by atoms with Gasteiger partial charge in [-0.3, -0.25) is 4.79 Å². The topological polar surface area (TPSA) is 55.4 Å². The normalized spacial score (nSPS) is 13.5. The second-order valence-corrected chi connectivity index (χ2v) is 8.86. The molecular formula is C19H37NO3. The fourth-order valence-electron chi connectivity index (χ4n) is 2.35. The van der Waals surface area contributed by atoms with Crippen molar-refractivity contribution in [2.45, 2.75) is 92.5 Å². The van der Waals surface area contributed by atoms with Crippen LogP contribution in [0.3, 0.4) is 0 Å². The molecule has 0 aliphatic rings. The van der Waals surface area contributed by atoms with Crippen LogP contribution in [0.15, 0.2) is 0 Å². The van der Waals surface area contributed by atoms with E-state index >= 15 is 0 Å². The van der Waals surface area contributed by atoms with E-state index in [0.717, 1.165) is 25.7 Å². The summed E-state index contributed by atoms with van der Waals surface area (Å²) in [6, 6.07) is -0.527. The molecule has 23 heavy (non-hydrogen) atoms. The van der Waals surface area contributed by atoms with Gasteiger partial charge in [0.25, 0.3) is 0 Å². The number of amides is 1. The number of carbonyl (C=O) groups is 2. The van der Waals surface area contributed by atoms with Crippen molar-refractivity contribution in [3.05, 3.63) is 0 Å². The third kappa shape index (κ3) is 13.1. The molecule has 0 aliphatic carbocycles.